The molecule has 0 saturated heterocycles. The van der Waals surface area contributed by atoms with Crippen LogP contribution in [0.4, 0.5) is 0 Å². The Morgan fingerprint density at radius 1 is 1.50 bits per heavy atom. The monoisotopic (exact) mass is 255 g/mol. The van der Waals surface area contributed by atoms with E-state index < -0.39 is 5.92 Å². The molecular weight excluding hydrogens is 230 g/mol. The fraction of sp³-hybridized carbons (Fsp3) is 0.846. The van der Waals surface area contributed by atoms with Crippen LogP contribution in [-0.4, -0.2) is 23.0 Å². The minimum absolute atomic E-state index is 0.00756. The lowest BCUT2D eigenvalue weighted by Gasteiger charge is -2.33. The van der Waals surface area contributed by atoms with Crippen LogP contribution < -0.4 is 11.1 Å². The van der Waals surface area contributed by atoms with Gasteiger partial charge in [-0.3, -0.25) is 4.79 Å². The molecule has 0 spiro atoms. The van der Waals surface area contributed by atoms with Crippen molar-refractivity contribution in [1.29, 1.82) is 0 Å². The van der Waals surface area contributed by atoms with E-state index in [2.05, 4.69) is 24.3 Å². The van der Waals surface area contributed by atoms with Gasteiger partial charge in [-0.25, -0.2) is 0 Å². The van der Waals surface area contributed by atoms with Crippen molar-refractivity contribution in [2.45, 2.75) is 52.5 Å². The van der Waals surface area contributed by atoms with Crippen LogP contribution in [0.15, 0.2) is 5.16 Å². The van der Waals surface area contributed by atoms with Gasteiger partial charge in [0.05, 0.1) is 5.92 Å². The van der Waals surface area contributed by atoms with Gasteiger partial charge in [0.25, 0.3) is 0 Å². The number of carbonyl (C=O) groups is 1. The van der Waals surface area contributed by atoms with Crippen LogP contribution in [-0.2, 0) is 4.79 Å². The van der Waals surface area contributed by atoms with Crippen LogP contribution in [0.3, 0.4) is 0 Å². The number of oxime groups is 1. The lowest BCUT2D eigenvalue weighted by molar-refractivity contribution is -0.124. The highest BCUT2D eigenvalue weighted by Gasteiger charge is 2.29. The van der Waals surface area contributed by atoms with Gasteiger partial charge in [0.1, 0.15) is 0 Å². The molecule has 0 aromatic carbocycles. The van der Waals surface area contributed by atoms with E-state index in [0.29, 0.717) is 12.3 Å². The van der Waals surface area contributed by atoms with Crippen LogP contribution in [0.25, 0.3) is 0 Å². The highest BCUT2D eigenvalue weighted by Crippen LogP contribution is 2.28. The molecule has 0 aromatic rings. The molecule has 1 amide bonds. The molecule has 0 radical (unpaired) electrons. The van der Waals surface area contributed by atoms with E-state index in [-0.39, 0.29) is 17.8 Å². The summed E-state index contributed by atoms with van der Waals surface area (Å²) in [5.74, 6) is 0.564. The van der Waals surface area contributed by atoms with Crippen LogP contribution >= 0.6 is 0 Å². The van der Waals surface area contributed by atoms with Crippen molar-refractivity contribution >= 4 is 11.7 Å². The lowest BCUT2D eigenvalue weighted by atomic mass is 9.79. The lowest BCUT2D eigenvalue weighted by Crippen LogP contribution is -2.47. The van der Waals surface area contributed by atoms with Crippen molar-refractivity contribution in [3.8, 4) is 0 Å². The van der Waals surface area contributed by atoms with E-state index in [4.69, 9.17) is 10.9 Å². The van der Waals surface area contributed by atoms with Crippen molar-refractivity contribution < 1.29 is 10.0 Å². The summed E-state index contributed by atoms with van der Waals surface area (Å²) in [6.07, 6.45) is 3.85. The van der Waals surface area contributed by atoms with Crippen LogP contribution in [0.2, 0.25) is 0 Å². The topological polar surface area (TPSA) is 87.7 Å². The standard InChI is InChI=1S/C13H25N3O2/c1-4-10(12(14)16-18)13(17)15-11-6-5-8(2)7-9(11)3/h8-11,18H,4-7H2,1-3H3,(H2,14,16)(H,15,17). The number of carbonyl (C=O) groups excluding carboxylic acids is 1. The van der Waals surface area contributed by atoms with Gasteiger partial charge in [0, 0.05) is 6.04 Å². The maximum Gasteiger partial charge on any atom is 0.231 e. The van der Waals surface area contributed by atoms with Gasteiger partial charge in [-0.15, -0.1) is 0 Å². The molecule has 0 aliphatic heterocycles. The zero-order valence-corrected chi connectivity index (χ0v) is 11.5. The van der Waals surface area contributed by atoms with E-state index in [1.165, 1.54) is 0 Å². The average molecular weight is 255 g/mol. The largest absolute Gasteiger partial charge is 0.409 e. The molecule has 4 unspecified atom stereocenters. The molecular formula is C13H25N3O2. The third-order valence-electron chi connectivity index (χ3n) is 3.96. The Morgan fingerprint density at radius 3 is 2.67 bits per heavy atom. The average Bonchev–Trinajstić information content (AvgIpc) is 2.33. The predicted octanol–water partition coefficient (Wildman–Crippen LogP) is 1.70. The summed E-state index contributed by atoms with van der Waals surface area (Å²) in [5, 5.41) is 14.6. The minimum Gasteiger partial charge on any atom is -0.409 e. The number of amidine groups is 1. The third kappa shape index (κ3) is 3.62. The van der Waals surface area contributed by atoms with E-state index in [1.807, 2.05) is 6.92 Å². The van der Waals surface area contributed by atoms with Gasteiger partial charge >= 0.3 is 0 Å². The summed E-state index contributed by atoms with van der Waals surface area (Å²) in [7, 11) is 0. The summed E-state index contributed by atoms with van der Waals surface area (Å²) < 4.78 is 0. The molecule has 18 heavy (non-hydrogen) atoms. The van der Waals surface area contributed by atoms with Crippen molar-refractivity contribution in [3.05, 3.63) is 0 Å². The summed E-state index contributed by atoms with van der Waals surface area (Å²) in [6.45, 7) is 6.28. The zero-order chi connectivity index (χ0) is 13.7. The molecule has 0 bridgehead atoms. The number of rotatable bonds is 4. The first-order chi connectivity index (χ1) is 8.49. The Balaban J connectivity index is 2.58. The molecule has 4 N–H and O–H groups in total. The quantitative estimate of drug-likeness (QED) is 0.309. The Morgan fingerprint density at radius 2 is 2.17 bits per heavy atom. The van der Waals surface area contributed by atoms with Crippen molar-refractivity contribution in [2.24, 2.45) is 28.6 Å². The number of amides is 1. The molecule has 1 fully saturated rings. The fourth-order valence-corrected chi connectivity index (χ4v) is 2.76. The zero-order valence-electron chi connectivity index (χ0n) is 11.5. The van der Waals surface area contributed by atoms with E-state index >= 15 is 0 Å². The molecule has 0 aromatic heterocycles. The van der Waals surface area contributed by atoms with Gasteiger partial charge < -0.3 is 16.3 Å². The SMILES string of the molecule is CCC(C(=O)NC1CCC(C)CC1C)/C(N)=N/O. The molecule has 104 valence electrons. The van der Waals surface area contributed by atoms with Gasteiger partial charge in [-0.1, -0.05) is 25.9 Å². The number of hydrogen-bond acceptors (Lipinski definition) is 3. The highest BCUT2D eigenvalue weighted by molar-refractivity contribution is 6.02. The Hall–Kier alpha value is -1.26. The molecule has 1 aliphatic rings. The van der Waals surface area contributed by atoms with E-state index in [0.717, 1.165) is 25.2 Å². The molecule has 1 saturated carbocycles. The van der Waals surface area contributed by atoms with Crippen LogP contribution in [0.5, 0.6) is 0 Å². The second-order valence-corrected chi connectivity index (χ2v) is 5.50. The minimum atomic E-state index is -0.526. The Kier molecular flexibility index (Phi) is 5.44. The van der Waals surface area contributed by atoms with Gasteiger partial charge in [0.15, 0.2) is 5.84 Å². The van der Waals surface area contributed by atoms with Crippen molar-refractivity contribution in [2.75, 3.05) is 0 Å². The van der Waals surface area contributed by atoms with Gasteiger partial charge in [-0.05, 0) is 37.5 Å². The normalized spacial score (nSPS) is 30.8. The summed E-state index contributed by atoms with van der Waals surface area (Å²) >= 11 is 0. The Labute approximate surface area is 109 Å². The smallest absolute Gasteiger partial charge is 0.231 e. The number of nitrogens with one attached hydrogen (secondary N) is 1. The maximum absolute atomic E-state index is 12.1. The molecule has 5 heteroatoms. The molecule has 5 nitrogen and oxygen atoms in total. The first kappa shape index (κ1) is 14.8. The second kappa shape index (κ2) is 6.61. The van der Waals surface area contributed by atoms with Crippen molar-refractivity contribution in [3.63, 3.8) is 0 Å². The first-order valence-electron chi connectivity index (χ1n) is 6.77. The second-order valence-electron chi connectivity index (χ2n) is 5.50. The van der Waals surface area contributed by atoms with E-state index in [9.17, 15) is 4.79 Å². The number of nitrogens with two attached hydrogens (primary N) is 1. The number of hydrogen-bond donors (Lipinski definition) is 3. The van der Waals surface area contributed by atoms with E-state index in [1.54, 1.807) is 0 Å². The summed E-state index contributed by atoms with van der Waals surface area (Å²) in [6, 6.07) is 0.217. The van der Waals surface area contributed by atoms with Crippen LogP contribution in [0.1, 0.15) is 46.5 Å². The predicted molar refractivity (Wildman–Crippen MR) is 71.3 cm³/mol. The van der Waals surface area contributed by atoms with Gasteiger partial charge in [0.2, 0.25) is 5.91 Å². The fourth-order valence-electron chi connectivity index (χ4n) is 2.76. The molecule has 1 rings (SSSR count). The van der Waals surface area contributed by atoms with Gasteiger partial charge in [-0.2, -0.15) is 0 Å². The molecule has 1 aliphatic carbocycles. The highest BCUT2D eigenvalue weighted by atomic mass is 16.4. The molecule has 4 atom stereocenters. The first-order valence-corrected chi connectivity index (χ1v) is 6.77. The van der Waals surface area contributed by atoms with Crippen molar-refractivity contribution in [1.82, 2.24) is 5.32 Å². The summed E-state index contributed by atoms with van der Waals surface area (Å²) in [4.78, 5) is 12.1. The molecule has 0 heterocycles. The Bertz CT molecular complexity index is 317. The third-order valence-corrected chi connectivity index (χ3v) is 3.96. The van der Waals surface area contributed by atoms with Crippen LogP contribution in [0, 0.1) is 17.8 Å². The summed E-state index contributed by atoms with van der Waals surface area (Å²) in [5.41, 5.74) is 5.53. The number of nitrogens with zero attached hydrogens (tertiary/aromatic N) is 1. The maximum atomic E-state index is 12.1.